The quantitative estimate of drug-likeness (QED) is 0.633. The molecule has 2 nitrogen and oxygen atoms in total. The Labute approximate surface area is 124 Å². The molecule has 0 saturated carbocycles. The van der Waals surface area contributed by atoms with Gasteiger partial charge < -0.3 is 5.11 Å². The molecule has 1 aromatic carbocycles. The summed E-state index contributed by atoms with van der Waals surface area (Å²) in [7, 11) is 0. The second-order valence-electron chi connectivity index (χ2n) is 3.52. The van der Waals surface area contributed by atoms with E-state index in [1.54, 1.807) is 24.3 Å². The summed E-state index contributed by atoms with van der Waals surface area (Å²) in [5.41, 5.74) is 1.77. The van der Waals surface area contributed by atoms with Gasteiger partial charge in [0.2, 0.25) is 0 Å². The Morgan fingerprint density at radius 3 is 2.17 bits per heavy atom. The number of halogens is 4. The van der Waals surface area contributed by atoms with Gasteiger partial charge in [-0.1, -0.05) is 52.5 Å². The normalized spacial score (nSPS) is 10.7. The minimum absolute atomic E-state index is 0.172. The lowest BCUT2D eigenvalue weighted by atomic mass is 10.1. The number of aliphatic hydroxyl groups excluding tert-OH is 1. The molecule has 0 atom stereocenters. The van der Waals surface area contributed by atoms with Crippen molar-refractivity contribution in [1.82, 2.24) is 4.98 Å². The fraction of sp³-hybridized carbons (Fsp3) is 0.0833. The monoisotopic (exact) mass is 321 g/mol. The lowest BCUT2D eigenvalue weighted by molar-refractivity contribution is 0.277. The predicted octanol–water partition coefficient (Wildman–Crippen LogP) is 4.85. The molecule has 0 aliphatic rings. The van der Waals surface area contributed by atoms with Gasteiger partial charge in [0, 0.05) is 11.1 Å². The Hall–Kier alpha value is -0.510. The molecule has 0 aliphatic carbocycles. The van der Waals surface area contributed by atoms with Crippen LogP contribution in [0.2, 0.25) is 20.2 Å². The van der Waals surface area contributed by atoms with Crippen molar-refractivity contribution in [2.45, 2.75) is 6.61 Å². The minimum Gasteiger partial charge on any atom is -0.390 e. The van der Waals surface area contributed by atoms with E-state index in [0.29, 0.717) is 26.9 Å². The first-order valence-corrected chi connectivity index (χ1v) is 6.46. The van der Waals surface area contributed by atoms with Gasteiger partial charge in [-0.3, -0.25) is 0 Å². The molecule has 2 aromatic rings. The van der Waals surface area contributed by atoms with Crippen LogP contribution < -0.4 is 0 Å². The molecule has 0 saturated heterocycles. The Balaban J connectivity index is 2.59. The molecule has 6 heteroatoms. The number of rotatable bonds is 2. The fourth-order valence-electron chi connectivity index (χ4n) is 1.49. The van der Waals surface area contributed by atoms with Crippen LogP contribution in [0.3, 0.4) is 0 Å². The summed E-state index contributed by atoms with van der Waals surface area (Å²) in [5, 5.41) is 10.2. The topological polar surface area (TPSA) is 33.1 Å². The van der Waals surface area contributed by atoms with Crippen LogP contribution in [-0.4, -0.2) is 10.1 Å². The van der Waals surface area contributed by atoms with E-state index in [9.17, 15) is 0 Å². The van der Waals surface area contributed by atoms with Gasteiger partial charge in [0.15, 0.2) is 0 Å². The van der Waals surface area contributed by atoms with Crippen molar-refractivity contribution >= 4 is 46.4 Å². The summed E-state index contributed by atoms with van der Waals surface area (Å²) >= 11 is 24.0. The van der Waals surface area contributed by atoms with Gasteiger partial charge in [0.05, 0.1) is 27.4 Å². The molecule has 1 aromatic heterocycles. The third kappa shape index (κ3) is 2.58. The van der Waals surface area contributed by atoms with Crippen molar-refractivity contribution in [3.8, 4) is 11.1 Å². The van der Waals surface area contributed by atoms with Gasteiger partial charge in [-0.15, -0.1) is 0 Å². The van der Waals surface area contributed by atoms with E-state index >= 15 is 0 Å². The zero-order chi connectivity index (χ0) is 13.3. The van der Waals surface area contributed by atoms with E-state index in [1.165, 1.54) is 0 Å². The van der Waals surface area contributed by atoms with Gasteiger partial charge in [-0.25, -0.2) is 4.98 Å². The van der Waals surface area contributed by atoms with Crippen LogP contribution in [0.25, 0.3) is 11.1 Å². The standard InChI is InChI=1S/C12H7Cl4NO/c13-9-4-3-7(10(14)11(9)15)8-2-1-6(5-18)17-12(8)16/h1-4,18H,5H2. The molecule has 94 valence electrons. The lowest BCUT2D eigenvalue weighted by Crippen LogP contribution is -1.92. The maximum atomic E-state index is 8.97. The predicted molar refractivity (Wildman–Crippen MR) is 75.6 cm³/mol. The summed E-state index contributed by atoms with van der Waals surface area (Å²) in [6.07, 6.45) is 0. The van der Waals surface area contributed by atoms with Crippen molar-refractivity contribution in [2.75, 3.05) is 0 Å². The largest absolute Gasteiger partial charge is 0.390 e. The number of aromatic nitrogens is 1. The summed E-state index contributed by atoms with van der Waals surface area (Å²) in [6.45, 7) is -0.172. The zero-order valence-electron chi connectivity index (χ0n) is 8.92. The van der Waals surface area contributed by atoms with Crippen molar-refractivity contribution < 1.29 is 5.11 Å². The average molecular weight is 323 g/mol. The zero-order valence-corrected chi connectivity index (χ0v) is 11.9. The Kier molecular flexibility index (Phi) is 4.36. The third-order valence-electron chi connectivity index (χ3n) is 2.39. The van der Waals surface area contributed by atoms with Crippen LogP contribution in [0.5, 0.6) is 0 Å². The second-order valence-corrected chi connectivity index (χ2v) is 5.04. The maximum Gasteiger partial charge on any atom is 0.137 e. The lowest BCUT2D eigenvalue weighted by Gasteiger charge is -2.09. The number of aliphatic hydroxyl groups is 1. The molecule has 1 N–H and O–H groups in total. The number of benzene rings is 1. The summed E-state index contributed by atoms with van der Waals surface area (Å²) in [4.78, 5) is 4.04. The van der Waals surface area contributed by atoms with Crippen LogP contribution in [0.1, 0.15) is 5.69 Å². The Morgan fingerprint density at radius 1 is 0.889 bits per heavy atom. The number of pyridine rings is 1. The van der Waals surface area contributed by atoms with Crippen molar-refractivity contribution in [3.05, 3.63) is 50.2 Å². The highest BCUT2D eigenvalue weighted by atomic mass is 35.5. The first kappa shape index (κ1) is 13.9. The molecular formula is C12H7Cl4NO. The van der Waals surface area contributed by atoms with E-state index in [0.717, 1.165) is 0 Å². The number of hydrogen-bond acceptors (Lipinski definition) is 2. The summed E-state index contributed by atoms with van der Waals surface area (Å²) in [6, 6.07) is 6.76. The van der Waals surface area contributed by atoms with Gasteiger partial charge >= 0.3 is 0 Å². The summed E-state index contributed by atoms with van der Waals surface area (Å²) < 4.78 is 0. The van der Waals surface area contributed by atoms with E-state index in [2.05, 4.69) is 4.98 Å². The van der Waals surface area contributed by atoms with E-state index in [-0.39, 0.29) is 16.8 Å². The van der Waals surface area contributed by atoms with Crippen LogP contribution >= 0.6 is 46.4 Å². The van der Waals surface area contributed by atoms with Crippen molar-refractivity contribution in [3.63, 3.8) is 0 Å². The molecule has 2 rings (SSSR count). The third-order valence-corrected chi connectivity index (χ3v) is 3.98. The van der Waals surface area contributed by atoms with Crippen molar-refractivity contribution in [2.24, 2.45) is 0 Å². The number of nitrogens with zero attached hydrogens (tertiary/aromatic N) is 1. The SMILES string of the molecule is OCc1ccc(-c2ccc(Cl)c(Cl)c2Cl)c(Cl)n1. The highest BCUT2D eigenvalue weighted by Gasteiger charge is 2.13. The van der Waals surface area contributed by atoms with Gasteiger partial charge in [0.25, 0.3) is 0 Å². The molecular weight excluding hydrogens is 316 g/mol. The number of hydrogen-bond donors (Lipinski definition) is 1. The highest BCUT2D eigenvalue weighted by molar-refractivity contribution is 6.49. The van der Waals surface area contributed by atoms with Gasteiger partial charge in [0.1, 0.15) is 5.15 Å². The summed E-state index contributed by atoms with van der Waals surface area (Å²) in [5.74, 6) is 0. The Bertz CT molecular complexity index is 601. The molecule has 0 bridgehead atoms. The molecule has 18 heavy (non-hydrogen) atoms. The average Bonchev–Trinajstić information content (AvgIpc) is 2.37. The van der Waals surface area contributed by atoms with E-state index in [1.807, 2.05) is 0 Å². The Morgan fingerprint density at radius 2 is 1.56 bits per heavy atom. The molecule has 0 fully saturated rings. The van der Waals surface area contributed by atoms with E-state index < -0.39 is 0 Å². The van der Waals surface area contributed by atoms with Crippen LogP contribution in [0.15, 0.2) is 24.3 Å². The fourth-order valence-corrected chi connectivity index (χ4v) is 2.41. The first-order chi connectivity index (χ1) is 8.54. The van der Waals surface area contributed by atoms with Crippen LogP contribution in [0, 0.1) is 0 Å². The molecule has 1 heterocycles. The van der Waals surface area contributed by atoms with Crippen molar-refractivity contribution in [1.29, 1.82) is 0 Å². The van der Waals surface area contributed by atoms with Crippen LogP contribution in [0.4, 0.5) is 0 Å². The molecule has 0 unspecified atom stereocenters. The molecule has 0 amide bonds. The van der Waals surface area contributed by atoms with Crippen LogP contribution in [-0.2, 0) is 6.61 Å². The highest BCUT2D eigenvalue weighted by Crippen LogP contribution is 2.39. The van der Waals surface area contributed by atoms with Gasteiger partial charge in [-0.2, -0.15) is 0 Å². The molecule has 0 spiro atoms. The molecule has 0 radical (unpaired) electrons. The van der Waals surface area contributed by atoms with E-state index in [4.69, 9.17) is 51.5 Å². The van der Waals surface area contributed by atoms with Gasteiger partial charge in [-0.05, 0) is 18.2 Å². The minimum atomic E-state index is -0.172. The maximum absolute atomic E-state index is 8.97. The first-order valence-electron chi connectivity index (χ1n) is 4.94. The molecule has 0 aliphatic heterocycles. The second kappa shape index (κ2) is 5.64. The smallest absolute Gasteiger partial charge is 0.137 e.